The largest absolute Gasteiger partial charge is 0.338 e. The monoisotopic (exact) mass is 391 g/mol. The highest BCUT2D eigenvalue weighted by Crippen LogP contribution is 2.22. The summed E-state index contributed by atoms with van der Waals surface area (Å²) in [4.78, 5) is 16.7. The van der Waals surface area contributed by atoms with Crippen LogP contribution in [0.2, 0.25) is 0 Å². The first kappa shape index (κ1) is 18.5. The molecule has 2 aromatic carbocycles. The van der Waals surface area contributed by atoms with Crippen molar-refractivity contribution in [3.05, 3.63) is 77.6 Å². The molecule has 0 unspecified atom stereocenters. The van der Waals surface area contributed by atoms with E-state index < -0.39 is 5.91 Å². The van der Waals surface area contributed by atoms with Crippen LogP contribution in [0, 0.1) is 12.7 Å². The van der Waals surface area contributed by atoms with Crippen molar-refractivity contribution >= 4 is 11.8 Å². The van der Waals surface area contributed by atoms with Crippen LogP contribution in [0.3, 0.4) is 0 Å². The Labute approximate surface area is 166 Å². The highest BCUT2D eigenvalue weighted by Gasteiger charge is 2.17. The average Bonchev–Trinajstić information content (AvgIpc) is 3.35. The van der Waals surface area contributed by atoms with Gasteiger partial charge in [-0.25, -0.2) is 14.1 Å². The minimum absolute atomic E-state index is 0.0305. The third-order valence-electron chi connectivity index (χ3n) is 4.45. The SMILES string of the molecule is CCc1ccc(-c2cc(NC(=O)c3nc(C)n(-c4ccc(F)cc4)n3)on2)cc1. The fraction of sp³-hybridized carbons (Fsp3) is 0.143. The van der Waals surface area contributed by atoms with E-state index >= 15 is 0 Å². The summed E-state index contributed by atoms with van der Waals surface area (Å²) < 4.78 is 19.8. The van der Waals surface area contributed by atoms with Crippen LogP contribution in [0.5, 0.6) is 0 Å². The van der Waals surface area contributed by atoms with E-state index in [0.717, 1.165) is 12.0 Å². The molecule has 0 bridgehead atoms. The number of benzene rings is 2. The molecule has 8 heteroatoms. The highest BCUT2D eigenvalue weighted by molar-refractivity contribution is 6.00. The van der Waals surface area contributed by atoms with Gasteiger partial charge in [0.2, 0.25) is 11.7 Å². The number of nitrogens with one attached hydrogen (secondary N) is 1. The van der Waals surface area contributed by atoms with Crippen molar-refractivity contribution in [2.75, 3.05) is 5.32 Å². The quantitative estimate of drug-likeness (QED) is 0.551. The summed E-state index contributed by atoms with van der Waals surface area (Å²) in [5.41, 5.74) is 3.34. The molecule has 146 valence electrons. The van der Waals surface area contributed by atoms with Gasteiger partial charge in [0.25, 0.3) is 5.91 Å². The number of halogens is 1. The summed E-state index contributed by atoms with van der Waals surface area (Å²) >= 11 is 0. The number of amides is 1. The first-order valence-electron chi connectivity index (χ1n) is 9.10. The molecule has 0 radical (unpaired) electrons. The van der Waals surface area contributed by atoms with Crippen LogP contribution < -0.4 is 5.32 Å². The van der Waals surface area contributed by atoms with Crippen molar-refractivity contribution in [2.45, 2.75) is 20.3 Å². The molecule has 0 aliphatic rings. The molecular weight excluding hydrogens is 373 g/mol. The normalized spacial score (nSPS) is 10.9. The molecule has 1 N–H and O–H groups in total. The Morgan fingerprint density at radius 3 is 2.55 bits per heavy atom. The van der Waals surface area contributed by atoms with Gasteiger partial charge in [0, 0.05) is 11.6 Å². The molecule has 4 rings (SSSR count). The molecule has 2 aromatic heterocycles. The van der Waals surface area contributed by atoms with E-state index in [1.807, 2.05) is 24.3 Å². The van der Waals surface area contributed by atoms with Crippen LogP contribution in [0.25, 0.3) is 16.9 Å². The van der Waals surface area contributed by atoms with Crippen LogP contribution in [0.15, 0.2) is 59.1 Å². The number of carbonyl (C=O) groups is 1. The zero-order valence-electron chi connectivity index (χ0n) is 15.9. The zero-order valence-corrected chi connectivity index (χ0v) is 15.9. The van der Waals surface area contributed by atoms with E-state index in [2.05, 4.69) is 27.5 Å². The number of anilines is 1. The Morgan fingerprint density at radius 2 is 1.86 bits per heavy atom. The van der Waals surface area contributed by atoms with Crippen LogP contribution >= 0.6 is 0 Å². The Kier molecular flexibility index (Phi) is 4.90. The predicted octanol–water partition coefficient (Wildman–Crippen LogP) is 4.18. The van der Waals surface area contributed by atoms with Gasteiger partial charge in [0.15, 0.2) is 0 Å². The highest BCUT2D eigenvalue weighted by atomic mass is 19.1. The van der Waals surface area contributed by atoms with Gasteiger partial charge in [-0.05, 0) is 43.2 Å². The van der Waals surface area contributed by atoms with E-state index in [-0.39, 0.29) is 17.5 Å². The summed E-state index contributed by atoms with van der Waals surface area (Å²) in [6.45, 7) is 3.80. The molecule has 0 spiro atoms. The van der Waals surface area contributed by atoms with Gasteiger partial charge >= 0.3 is 0 Å². The molecular formula is C21H18FN5O2. The molecule has 0 saturated carbocycles. The summed E-state index contributed by atoms with van der Waals surface area (Å²) in [6, 6.07) is 15.4. The summed E-state index contributed by atoms with van der Waals surface area (Å²) in [5, 5.41) is 10.8. The maximum atomic E-state index is 13.1. The molecule has 7 nitrogen and oxygen atoms in total. The molecule has 0 aliphatic carbocycles. The smallest absolute Gasteiger partial charge is 0.297 e. The third kappa shape index (κ3) is 3.91. The Hall–Kier alpha value is -3.81. The number of rotatable bonds is 5. The number of hydrogen-bond donors (Lipinski definition) is 1. The molecule has 0 aliphatic heterocycles. The Balaban J connectivity index is 1.50. The molecule has 4 aromatic rings. The fourth-order valence-corrected chi connectivity index (χ4v) is 2.86. The van der Waals surface area contributed by atoms with Gasteiger partial charge < -0.3 is 4.52 Å². The number of carbonyl (C=O) groups excluding carboxylic acids is 1. The Morgan fingerprint density at radius 1 is 1.14 bits per heavy atom. The second-order valence-electron chi connectivity index (χ2n) is 6.45. The number of aromatic nitrogens is 4. The van der Waals surface area contributed by atoms with Crippen molar-refractivity contribution in [3.8, 4) is 16.9 Å². The van der Waals surface area contributed by atoms with Crippen LogP contribution in [-0.2, 0) is 6.42 Å². The summed E-state index contributed by atoms with van der Waals surface area (Å²) in [5.74, 6) is -0.221. The molecule has 29 heavy (non-hydrogen) atoms. The van der Waals surface area contributed by atoms with E-state index in [1.165, 1.54) is 22.4 Å². The van der Waals surface area contributed by atoms with Gasteiger partial charge in [-0.1, -0.05) is 36.3 Å². The van der Waals surface area contributed by atoms with Crippen molar-refractivity contribution in [3.63, 3.8) is 0 Å². The lowest BCUT2D eigenvalue weighted by Crippen LogP contribution is -2.13. The van der Waals surface area contributed by atoms with E-state index in [1.54, 1.807) is 25.1 Å². The van der Waals surface area contributed by atoms with Crippen LogP contribution in [0.4, 0.5) is 10.3 Å². The van der Waals surface area contributed by atoms with Crippen LogP contribution in [-0.4, -0.2) is 25.8 Å². The first-order chi connectivity index (χ1) is 14.0. The lowest BCUT2D eigenvalue weighted by atomic mass is 10.1. The third-order valence-corrected chi connectivity index (χ3v) is 4.45. The zero-order chi connectivity index (χ0) is 20.4. The van der Waals surface area contributed by atoms with Crippen molar-refractivity contribution < 1.29 is 13.7 Å². The molecule has 0 saturated heterocycles. The minimum Gasteiger partial charge on any atom is -0.338 e. The van der Waals surface area contributed by atoms with E-state index in [9.17, 15) is 9.18 Å². The molecule has 0 fully saturated rings. The van der Waals surface area contributed by atoms with Gasteiger partial charge in [-0.15, -0.1) is 5.10 Å². The van der Waals surface area contributed by atoms with Gasteiger partial charge in [-0.2, -0.15) is 0 Å². The van der Waals surface area contributed by atoms with Crippen molar-refractivity contribution in [1.29, 1.82) is 0 Å². The van der Waals surface area contributed by atoms with E-state index in [4.69, 9.17) is 4.52 Å². The maximum Gasteiger partial charge on any atom is 0.297 e. The number of aryl methyl sites for hydroxylation is 2. The number of hydrogen-bond acceptors (Lipinski definition) is 5. The maximum absolute atomic E-state index is 13.1. The Bertz CT molecular complexity index is 1150. The molecule has 2 heterocycles. The lowest BCUT2D eigenvalue weighted by molar-refractivity contribution is 0.101. The average molecular weight is 391 g/mol. The van der Waals surface area contributed by atoms with Gasteiger partial charge in [0.05, 0.1) is 5.69 Å². The van der Waals surface area contributed by atoms with Crippen LogP contribution in [0.1, 0.15) is 28.9 Å². The standard InChI is InChI=1S/C21H18FN5O2/c1-3-14-4-6-15(7-5-14)18-12-19(29-26-18)24-21(28)20-23-13(2)27(25-20)17-10-8-16(22)9-11-17/h4-12H,3H2,1-2H3,(H,24,28). The van der Waals surface area contributed by atoms with Gasteiger partial charge in [-0.3, -0.25) is 10.1 Å². The summed E-state index contributed by atoms with van der Waals surface area (Å²) in [7, 11) is 0. The predicted molar refractivity (Wildman–Crippen MR) is 105 cm³/mol. The molecule has 1 amide bonds. The second kappa shape index (κ2) is 7.67. The summed E-state index contributed by atoms with van der Waals surface area (Å²) in [6.07, 6.45) is 0.956. The van der Waals surface area contributed by atoms with E-state index in [0.29, 0.717) is 17.2 Å². The molecule has 0 atom stereocenters. The fourth-order valence-electron chi connectivity index (χ4n) is 2.86. The van der Waals surface area contributed by atoms with Gasteiger partial charge in [0.1, 0.15) is 17.3 Å². The van der Waals surface area contributed by atoms with Crippen molar-refractivity contribution in [1.82, 2.24) is 19.9 Å². The second-order valence-corrected chi connectivity index (χ2v) is 6.45. The minimum atomic E-state index is -0.530. The number of nitrogens with zero attached hydrogens (tertiary/aromatic N) is 4. The lowest BCUT2D eigenvalue weighted by Gasteiger charge is -2.01. The topological polar surface area (TPSA) is 85.8 Å². The first-order valence-corrected chi connectivity index (χ1v) is 9.10. The van der Waals surface area contributed by atoms with Crippen molar-refractivity contribution in [2.24, 2.45) is 0 Å².